The Balaban J connectivity index is 0. The lowest BCUT2D eigenvalue weighted by atomic mass is 10.2. The van der Waals surface area contributed by atoms with Gasteiger partial charge in [-0.3, -0.25) is 0 Å². The maximum absolute atomic E-state index is 10.8. The van der Waals surface area contributed by atoms with Crippen molar-refractivity contribution in [2.75, 3.05) is 14.1 Å². The van der Waals surface area contributed by atoms with E-state index in [0.29, 0.717) is 12.0 Å². The fourth-order valence-corrected chi connectivity index (χ4v) is 0.375. The van der Waals surface area contributed by atoms with Crippen LogP contribution in [0.4, 0.5) is 0 Å². The number of carbonyl (C=O) groups is 1. The second-order valence-corrected chi connectivity index (χ2v) is 2.15. The molecule has 0 atom stereocenters. The van der Waals surface area contributed by atoms with E-state index in [0.717, 1.165) is 0 Å². The molecule has 4 heteroatoms. The van der Waals surface area contributed by atoms with Crippen LogP contribution in [0.3, 0.4) is 0 Å². The molecule has 11 heavy (non-hydrogen) atoms. The summed E-state index contributed by atoms with van der Waals surface area (Å²) in [4.78, 5) is 15.5. The average Bonchev–Trinajstić information content (AvgIpc) is 1.85. The first kappa shape index (κ1) is 12.8. The zero-order valence-corrected chi connectivity index (χ0v) is 7.39. The zero-order chi connectivity index (χ0) is 8.15. The molecule has 0 amide bonds. The Hall–Kier alpha value is -0.870. The van der Waals surface area contributed by atoms with Crippen LogP contribution >= 0.6 is 0 Å². The van der Waals surface area contributed by atoms with Crippen molar-refractivity contribution in [1.82, 2.24) is 11.2 Å². The van der Waals surface area contributed by atoms with Gasteiger partial charge in [0.15, 0.2) is 0 Å². The van der Waals surface area contributed by atoms with Crippen LogP contribution in [-0.4, -0.2) is 25.1 Å². The van der Waals surface area contributed by atoms with E-state index in [1.165, 1.54) is 5.06 Å². The molecule has 4 nitrogen and oxygen atoms in total. The van der Waals surface area contributed by atoms with Gasteiger partial charge in [0.05, 0.1) is 0 Å². The van der Waals surface area contributed by atoms with Gasteiger partial charge >= 0.3 is 5.97 Å². The first-order chi connectivity index (χ1) is 4.57. The summed E-state index contributed by atoms with van der Waals surface area (Å²) < 4.78 is 0. The molecule has 0 aromatic heterocycles. The molecule has 0 saturated carbocycles. The Morgan fingerprint density at radius 3 is 2.27 bits per heavy atom. The van der Waals surface area contributed by atoms with Gasteiger partial charge in [0, 0.05) is 19.7 Å². The lowest BCUT2D eigenvalue weighted by Crippen LogP contribution is -2.19. The monoisotopic (exact) mass is 160 g/mol. The zero-order valence-electron chi connectivity index (χ0n) is 7.39. The molecule has 0 aliphatic carbocycles. The SMILES string of the molecule is C=C(CC)C(=O)ON(C)C.N. The number of hydrogen-bond donors (Lipinski definition) is 1. The minimum atomic E-state index is -0.354. The standard InChI is InChI=1S/C7H13NO2.H3N/c1-5-6(2)7(9)10-8(3)4;/h2,5H2,1,3-4H3;1H3. The summed E-state index contributed by atoms with van der Waals surface area (Å²) in [6, 6.07) is 0. The molecular weight excluding hydrogens is 144 g/mol. The molecule has 0 rings (SSSR count). The van der Waals surface area contributed by atoms with Gasteiger partial charge in [-0.2, -0.15) is 0 Å². The van der Waals surface area contributed by atoms with Gasteiger partial charge in [0.25, 0.3) is 0 Å². The number of rotatable bonds is 3. The van der Waals surface area contributed by atoms with Gasteiger partial charge in [-0.05, 0) is 6.42 Å². The van der Waals surface area contributed by atoms with Crippen LogP contribution in [0.2, 0.25) is 0 Å². The molecule has 0 radical (unpaired) electrons. The Morgan fingerprint density at radius 2 is 2.00 bits per heavy atom. The van der Waals surface area contributed by atoms with E-state index in [9.17, 15) is 4.79 Å². The minimum absolute atomic E-state index is 0. The van der Waals surface area contributed by atoms with Crippen LogP contribution in [0.1, 0.15) is 13.3 Å². The van der Waals surface area contributed by atoms with Crippen LogP contribution in [-0.2, 0) is 9.63 Å². The van der Waals surface area contributed by atoms with Crippen molar-refractivity contribution in [2.45, 2.75) is 13.3 Å². The molecule has 0 aromatic carbocycles. The van der Waals surface area contributed by atoms with Crippen LogP contribution in [0, 0.1) is 0 Å². The quantitative estimate of drug-likeness (QED) is 0.496. The van der Waals surface area contributed by atoms with Gasteiger partial charge < -0.3 is 11.0 Å². The summed E-state index contributed by atoms with van der Waals surface area (Å²) in [5, 5.41) is 1.35. The summed E-state index contributed by atoms with van der Waals surface area (Å²) in [5.74, 6) is -0.354. The predicted octanol–water partition coefficient (Wildman–Crippen LogP) is 1.13. The highest BCUT2D eigenvalue weighted by Gasteiger charge is 2.06. The molecule has 0 spiro atoms. The van der Waals surface area contributed by atoms with Gasteiger partial charge in [-0.25, -0.2) is 4.79 Å². The summed E-state index contributed by atoms with van der Waals surface area (Å²) in [7, 11) is 3.31. The molecule has 0 unspecified atom stereocenters. The van der Waals surface area contributed by atoms with Crippen LogP contribution in [0.25, 0.3) is 0 Å². The number of hydrogen-bond acceptors (Lipinski definition) is 4. The molecule has 0 aliphatic heterocycles. The average molecular weight is 160 g/mol. The molecule has 0 fully saturated rings. The van der Waals surface area contributed by atoms with Crippen molar-refractivity contribution in [1.29, 1.82) is 0 Å². The minimum Gasteiger partial charge on any atom is -0.365 e. The highest BCUT2D eigenvalue weighted by molar-refractivity contribution is 5.87. The Kier molecular flexibility index (Phi) is 6.83. The largest absolute Gasteiger partial charge is 0.365 e. The lowest BCUT2D eigenvalue weighted by molar-refractivity contribution is -0.173. The molecule has 66 valence electrons. The van der Waals surface area contributed by atoms with Crippen LogP contribution in [0.15, 0.2) is 12.2 Å². The predicted molar refractivity (Wildman–Crippen MR) is 44.2 cm³/mol. The normalized spacial score (nSPS) is 8.73. The Bertz CT molecular complexity index is 143. The molecule has 0 bridgehead atoms. The Morgan fingerprint density at radius 1 is 1.55 bits per heavy atom. The van der Waals surface area contributed by atoms with Crippen molar-refractivity contribution in [2.24, 2.45) is 0 Å². The first-order valence-electron chi connectivity index (χ1n) is 3.15. The highest BCUT2D eigenvalue weighted by Crippen LogP contribution is 1.99. The van der Waals surface area contributed by atoms with Gasteiger partial charge in [-0.15, -0.1) is 5.06 Å². The lowest BCUT2D eigenvalue weighted by Gasteiger charge is -2.09. The van der Waals surface area contributed by atoms with E-state index < -0.39 is 0 Å². The van der Waals surface area contributed by atoms with Crippen molar-refractivity contribution >= 4 is 5.97 Å². The van der Waals surface area contributed by atoms with E-state index in [1.54, 1.807) is 14.1 Å². The third kappa shape index (κ3) is 5.57. The summed E-state index contributed by atoms with van der Waals surface area (Å²) in [5.41, 5.74) is 0.494. The fourth-order valence-electron chi connectivity index (χ4n) is 0.375. The van der Waals surface area contributed by atoms with Crippen molar-refractivity contribution in [3.63, 3.8) is 0 Å². The number of hydroxylamine groups is 2. The molecule has 0 aliphatic rings. The molecule has 0 heterocycles. The van der Waals surface area contributed by atoms with E-state index in [2.05, 4.69) is 6.58 Å². The van der Waals surface area contributed by atoms with E-state index in [4.69, 9.17) is 4.84 Å². The van der Waals surface area contributed by atoms with Gasteiger partial charge in [0.2, 0.25) is 0 Å². The van der Waals surface area contributed by atoms with Gasteiger partial charge in [-0.1, -0.05) is 13.5 Å². The summed E-state index contributed by atoms with van der Waals surface area (Å²) in [6.07, 6.45) is 0.632. The van der Waals surface area contributed by atoms with Crippen molar-refractivity contribution < 1.29 is 9.63 Å². The van der Waals surface area contributed by atoms with E-state index in [1.807, 2.05) is 6.92 Å². The third-order valence-electron chi connectivity index (χ3n) is 0.981. The van der Waals surface area contributed by atoms with E-state index in [-0.39, 0.29) is 12.1 Å². The maximum Gasteiger partial charge on any atom is 0.352 e. The maximum atomic E-state index is 10.8. The van der Waals surface area contributed by atoms with Crippen molar-refractivity contribution in [3.8, 4) is 0 Å². The first-order valence-corrected chi connectivity index (χ1v) is 3.15. The van der Waals surface area contributed by atoms with Crippen LogP contribution < -0.4 is 6.15 Å². The molecular formula is C7H16N2O2. The second kappa shape index (κ2) is 5.88. The number of carbonyl (C=O) groups excluding carboxylic acids is 1. The smallest absolute Gasteiger partial charge is 0.352 e. The molecule has 3 N–H and O–H groups in total. The molecule has 0 saturated heterocycles. The van der Waals surface area contributed by atoms with Crippen LogP contribution in [0.5, 0.6) is 0 Å². The van der Waals surface area contributed by atoms with Gasteiger partial charge in [0.1, 0.15) is 0 Å². The third-order valence-corrected chi connectivity index (χ3v) is 0.981. The van der Waals surface area contributed by atoms with Crippen molar-refractivity contribution in [3.05, 3.63) is 12.2 Å². The van der Waals surface area contributed by atoms with E-state index >= 15 is 0 Å². The Labute approximate surface area is 67.4 Å². The summed E-state index contributed by atoms with van der Waals surface area (Å²) in [6.45, 7) is 5.39. The summed E-state index contributed by atoms with van der Waals surface area (Å²) >= 11 is 0. The second-order valence-electron chi connectivity index (χ2n) is 2.15. The fraction of sp³-hybridized carbons (Fsp3) is 0.571. The molecule has 0 aromatic rings. The highest BCUT2D eigenvalue weighted by atomic mass is 16.7. The topological polar surface area (TPSA) is 64.5 Å². The number of nitrogens with zero attached hydrogens (tertiary/aromatic N) is 1.